The highest BCUT2D eigenvalue weighted by Crippen LogP contribution is 2.22. The van der Waals surface area contributed by atoms with Crippen LogP contribution in [0.5, 0.6) is 5.75 Å². The lowest BCUT2D eigenvalue weighted by Crippen LogP contribution is -2.45. The number of benzene rings is 1. The van der Waals surface area contributed by atoms with Crippen LogP contribution in [0.4, 0.5) is 0 Å². The van der Waals surface area contributed by atoms with E-state index in [1.807, 2.05) is 38.1 Å². The maximum atomic E-state index is 12.6. The third kappa shape index (κ3) is 5.88. The molecule has 0 spiro atoms. The second kappa shape index (κ2) is 9.97. The number of ether oxygens (including phenoxy) is 2. The molecular weight excluding hydrogens is 334 g/mol. The van der Waals surface area contributed by atoms with Gasteiger partial charge in [0.2, 0.25) is 5.91 Å². The SMILES string of the molecule is CCC(C)Oc1ccccc1/C=C\C(=O)N(CC(=O)O)C1CCOCC1. The first kappa shape index (κ1) is 20.0. The van der Waals surface area contributed by atoms with Gasteiger partial charge in [-0.25, -0.2) is 0 Å². The van der Waals surface area contributed by atoms with Gasteiger partial charge in [0, 0.05) is 30.9 Å². The Bertz CT molecular complexity index is 637. The molecule has 1 aromatic carbocycles. The Kier molecular flexibility index (Phi) is 7.66. The molecule has 142 valence electrons. The van der Waals surface area contributed by atoms with Crippen LogP contribution in [0.25, 0.3) is 6.08 Å². The van der Waals surface area contributed by atoms with Gasteiger partial charge < -0.3 is 19.5 Å². The number of para-hydroxylation sites is 1. The molecule has 1 aliphatic rings. The van der Waals surface area contributed by atoms with Gasteiger partial charge in [-0.15, -0.1) is 0 Å². The number of carboxylic acids is 1. The highest BCUT2D eigenvalue weighted by atomic mass is 16.5. The zero-order valence-corrected chi connectivity index (χ0v) is 15.4. The molecule has 1 amide bonds. The predicted octanol–water partition coefficient (Wildman–Crippen LogP) is 2.97. The van der Waals surface area contributed by atoms with Crippen molar-refractivity contribution in [1.82, 2.24) is 4.90 Å². The Labute approximate surface area is 154 Å². The van der Waals surface area contributed by atoms with Crippen LogP contribution >= 0.6 is 0 Å². The van der Waals surface area contributed by atoms with Crippen molar-refractivity contribution in [2.75, 3.05) is 19.8 Å². The molecular formula is C20H27NO5. The number of nitrogens with zero attached hydrogens (tertiary/aromatic N) is 1. The third-order valence-electron chi connectivity index (χ3n) is 4.45. The lowest BCUT2D eigenvalue weighted by Gasteiger charge is -2.32. The Hall–Kier alpha value is -2.34. The van der Waals surface area contributed by atoms with Crippen LogP contribution in [0.15, 0.2) is 30.3 Å². The van der Waals surface area contributed by atoms with Gasteiger partial charge in [0.15, 0.2) is 0 Å². The summed E-state index contributed by atoms with van der Waals surface area (Å²) >= 11 is 0. The topological polar surface area (TPSA) is 76.1 Å². The molecule has 1 unspecified atom stereocenters. The quantitative estimate of drug-likeness (QED) is 0.721. The lowest BCUT2D eigenvalue weighted by molar-refractivity contribution is -0.145. The Balaban J connectivity index is 2.13. The molecule has 1 saturated heterocycles. The average Bonchev–Trinajstić information content (AvgIpc) is 2.65. The molecule has 1 aliphatic heterocycles. The van der Waals surface area contributed by atoms with Crippen molar-refractivity contribution in [3.63, 3.8) is 0 Å². The van der Waals surface area contributed by atoms with E-state index in [2.05, 4.69) is 0 Å². The van der Waals surface area contributed by atoms with E-state index in [0.29, 0.717) is 31.8 Å². The molecule has 0 aromatic heterocycles. The molecule has 1 N–H and O–H groups in total. The predicted molar refractivity (Wildman–Crippen MR) is 99.0 cm³/mol. The van der Waals surface area contributed by atoms with E-state index >= 15 is 0 Å². The van der Waals surface area contributed by atoms with Gasteiger partial charge in [-0.1, -0.05) is 25.1 Å². The van der Waals surface area contributed by atoms with Crippen LogP contribution in [0.3, 0.4) is 0 Å². The average molecular weight is 361 g/mol. The standard InChI is InChI=1S/C20H27NO5/c1-3-15(2)26-18-7-5-4-6-16(18)8-9-19(22)21(14-20(23)24)17-10-12-25-13-11-17/h4-9,15,17H,3,10-14H2,1-2H3,(H,23,24)/b9-8-. The molecule has 1 aromatic rings. The van der Waals surface area contributed by atoms with E-state index in [1.165, 1.54) is 11.0 Å². The molecule has 1 atom stereocenters. The number of aliphatic carboxylic acids is 1. The Morgan fingerprint density at radius 3 is 2.69 bits per heavy atom. The summed E-state index contributed by atoms with van der Waals surface area (Å²) in [4.78, 5) is 25.2. The molecule has 1 fully saturated rings. The summed E-state index contributed by atoms with van der Waals surface area (Å²) in [5.41, 5.74) is 0.795. The monoisotopic (exact) mass is 361 g/mol. The summed E-state index contributed by atoms with van der Waals surface area (Å²) in [6, 6.07) is 7.39. The molecule has 1 heterocycles. The molecule has 2 rings (SSSR count). The van der Waals surface area contributed by atoms with E-state index < -0.39 is 5.97 Å². The summed E-state index contributed by atoms with van der Waals surface area (Å²) in [7, 11) is 0. The summed E-state index contributed by atoms with van der Waals surface area (Å²) in [5, 5.41) is 9.15. The highest BCUT2D eigenvalue weighted by molar-refractivity contribution is 5.94. The summed E-state index contributed by atoms with van der Waals surface area (Å²) in [5.74, 6) is -0.613. The zero-order valence-electron chi connectivity index (χ0n) is 15.4. The van der Waals surface area contributed by atoms with Crippen molar-refractivity contribution in [1.29, 1.82) is 0 Å². The van der Waals surface area contributed by atoms with Gasteiger partial charge >= 0.3 is 5.97 Å². The van der Waals surface area contributed by atoms with E-state index in [4.69, 9.17) is 14.6 Å². The fourth-order valence-corrected chi connectivity index (χ4v) is 2.81. The van der Waals surface area contributed by atoms with Gasteiger partial charge in [0.25, 0.3) is 0 Å². The van der Waals surface area contributed by atoms with E-state index in [1.54, 1.807) is 6.08 Å². The van der Waals surface area contributed by atoms with Crippen LogP contribution in [-0.2, 0) is 14.3 Å². The van der Waals surface area contributed by atoms with Crippen molar-refractivity contribution >= 4 is 18.0 Å². The summed E-state index contributed by atoms with van der Waals surface area (Å²) in [6.07, 6.45) is 5.38. The number of carboxylic acid groups (broad SMARTS) is 1. The highest BCUT2D eigenvalue weighted by Gasteiger charge is 2.26. The minimum absolute atomic E-state index is 0.0750. The molecule has 6 nitrogen and oxygen atoms in total. The number of carbonyl (C=O) groups excluding carboxylic acids is 1. The van der Waals surface area contributed by atoms with E-state index in [9.17, 15) is 9.59 Å². The first-order valence-electron chi connectivity index (χ1n) is 9.05. The molecule has 0 saturated carbocycles. The number of hydrogen-bond acceptors (Lipinski definition) is 4. The first-order valence-corrected chi connectivity index (χ1v) is 9.05. The van der Waals surface area contributed by atoms with Crippen LogP contribution in [-0.4, -0.2) is 53.8 Å². The van der Waals surface area contributed by atoms with Gasteiger partial charge in [-0.05, 0) is 38.3 Å². The molecule has 26 heavy (non-hydrogen) atoms. The van der Waals surface area contributed by atoms with E-state index in [0.717, 1.165) is 12.0 Å². The number of rotatable bonds is 8. The van der Waals surface area contributed by atoms with Gasteiger partial charge in [-0.3, -0.25) is 9.59 Å². The maximum absolute atomic E-state index is 12.6. The normalized spacial score (nSPS) is 16.4. The Morgan fingerprint density at radius 2 is 2.04 bits per heavy atom. The summed E-state index contributed by atoms with van der Waals surface area (Å²) < 4.78 is 11.2. The van der Waals surface area contributed by atoms with Crippen molar-refractivity contribution in [2.24, 2.45) is 0 Å². The van der Waals surface area contributed by atoms with Gasteiger partial charge in [0.05, 0.1) is 6.10 Å². The van der Waals surface area contributed by atoms with Crippen LogP contribution in [0.1, 0.15) is 38.7 Å². The zero-order chi connectivity index (χ0) is 18.9. The van der Waals surface area contributed by atoms with Crippen LogP contribution < -0.4 is 4.74 Å². The minimum atomic E-state index is -1.02. The van der Waals surface area contributed by atoms with Gasteiger partial charge in [0.1, 0.15) is 12.3 Å². The fourth-order valence-electron chi connectivity index (χ4n) is 2.81. The fraction of sp³-hybridized carbons (Fsp3) is 0.500. The first-order chi connectivity index (χ1) is 12.5. The van der Waals surface area contributed by atoms with Crippen LogP contribution in [0.2, 0.25) is 0 Å². The van der Waals surface area contributed by atoms with Crippen molar-refractivity contribution in [3.05, 3.63) is 35.9 Å². The molecule has 0 bridgehead atoms. The smallest absolute Gasteiger partial charge is 0.323 e. The largest absolute Gasteiger partial charge is 0.490 e. The molecule has 0 aliphatic carbocycles. The van der Waals surface area contributed by atoms with Crippen molar-refractivity contribution in [2.45, 2.75) is 45.3 Å². The number of hydrogen-bond donors (Lipinski definition) is 1. The maximum Gasteiger partial charge on any atom is 0.323 e. The number of carbonyl (C=O) groups is 2. The lowest BCUT2D eigenvalue weighted by atomic mass is 10.1. The van der Waals surface area contributed by atoms with Crippen molar-refractivity contribution in [3.8, 4) is 5.75 Å². The van der Waals surface area contributed by atoms with Gasteiger partial charge in [-0.2, -0.15) is 0 Å². The molecule has 0 radical (unpaired) electrons. The van der Waals surface area contributed by atoms with Crippen molar-refractivity contribution < 1.29 is 24.2 Å². The second-order valence-electron chi connectivity index (χ2n) is 6.41. The molecule has 6 heteroatoms. The Morgan fingerprint density at radius 1 is 1.35 bits per heavy atom. The summed E-state index contributed by atoms with van der Waals surface area (Å²) in [6.45, 7) is 4.82. The van der Waals surface area contributed by atoms with E-state index in [-0.39, 0.29) is 24.6 Å². The minimum Gasteiger partial charge on any atom is -0.490 e. The second-order valence-corrected chi connectivity index (χ2v) is 6.41. The van der Waals surface area contributed by atoms with Crippen LogP contribution in [0, 0.1) is 0 Å². The number of amides is 1. The third-order valence-corrected chi connectivity index (χ3v) is 4.45.